The van der Waals surface area contributed by atoms with Gasteiger partial charge in [0, 0.05) is 10.0 Å². The van der Waals surface area contributed by atoms with Crippen molar-refractivity contribution < 1.29 is 19.0 Å². The molecule has 0 aromatic heterocycles. The topological polar surface area (TPSA) is 46.5 Å². The number of ether oxygens (including phenoxy) is 1. The molecule has 0 atom stereocenters. The van der Waals surface area contributed by atoms with Crippen LogP contribution in [0, 0.1) is 5.82 Å². The third-order valence-electron chi connectivity index (χ3n) is 2.58. The first kappa shape index (κ1) is 14.8. The molecule has 0 amide bonds. The van der Waals surface area contributed by atoms with Gasteiger partial charge in [-0.2, -0.15) is 0 Å². The van der Waals surface area contributed by atoms with Gasteiger partial charge in [-0.1, -0.05) is 17.7 Å². The van der Waals surface area contributed by atoms with Gasteiger partial charge >= 0.3 is 5.97 Å². The van der Waals surface area contributed by atoms with Gasteiger partial charge < -0.3 is 9.84 Å². The quantitative estimate of drug-likeness (QED) is 0.873. The minimum atomic E-state index is -1.05. The Morgan fingerprint density at radius 1 is 1.30 bits per heavy atom. The van der Waals surface area contributed by atoms with Crippen LogP contribution in [0.2, 0.25) is 5.02 Å². The van der Waals surface area contributed by atoms with Crippen LogP contribution in [-0.4, -0.2) is 11.1 Å². The molecule has 1 N–H and O–H groups in total. The number of halogens is 3. The van der Waals surface area contributed by atoms with Crippen molar-refractivity contribution in [1.29, 1.82) is 0 Å². The summed E-state index contributed by atoms with van der Waals surface area (Å²) in [6.07, 6.45) is 0. The van der Waals surface area contributed by atoms with E-state index in [0.29, 0.717) is 15.8 Å². The summed E-state index contributed by atoms with van der Waals surface area (Å²) in [5, 5.41) is 9.27. The summed E-state index contributed by atoms with van der Waals surface area (Å²) in [6.45, 7) is 0.125. The Morgan fingerprint density at radius 2 is 2.05 bits per heavy atom. The Morgan fingerprint density at radius 3 is 2.70 bits per heavy atom. The molecular weight excluding hydrogens is 351 g/mol. The Bertz CT molecular complexity index is 661. The lowest BCUT2D eigenvalue weighted by Gasteiger charge is -2.09. The molecular formula is C14H9BrClFO3. The third-order valence-corrected chi connectivity index (χ3v) is 3.62. The molecule has 20 heavy (non-hydrogen) atoms. The van der Waals surface area contributed by atoms with Crippen molar-refractivity contribution in [2.75, 3.05) is 0 Å². The molecule has 0 radical (unpaired) electrons. The lowest BCUT2D eigenvalue weighted by atomic mass is 10.2. The summed E-state index contributed by atoms with van der Waals surface area (Å²) in [5.74, 6) is -1.08. The highest BCUT2D eigenvalue weighted by Crippen LogP contribution is 2.24. The highest BCUT2D eigenvalue weighted by atomic mass is 79.9. The molecule has 0 saturated carbocycles. The summed E-state index contributed by atoms with van der Waals surface area (Å²) in [6, 6.07) is 8.64. The van der Waals surface area contributed by atoms with Gasteiger partial charge in [-0.05, 0) is 46.3 Å². The van der Waals surface area contributed by atoms with Crippen LogP contribution >= 0.6 is 27.5 Å². The average Bonchev–Trinajstić information content (AvgIpc) is 2.39. The van der Waals surface area contributed by atoms with Gasteiger partial charge in [0.15, 0.2) is 0 Å². The zero-order valence-electron chi connectivity index (χ0n) is 10.1. The second-order valence-electron chi connectivity index (χ2n) is 3.97. The van der Waals surface area contributed by atoms with E-state index in [1.807, 2.05) is 0 Å². The maximum absolute atomic E-state index is 12.9. The molecule has 0 aliphatic carbocycles. The lowest BCUT2D eigenvalue weighted by Crippen LogP contribution is -2.01. The first-order valence-electron chi connectivity index (χ1n) is 5.57. The van der Waals surface area contributed by atoms with E-state index >= 15 is 0 Å². The highest BCUT2D eigenvalue weighted by molar-refractivity contribution is 9.10. The fourth-order valence-electron chi connectivity index (χ4n) is 1.56. The van der Waals surface area contributed by atoms with Crippen LogP contribution in [0.5, 0.6) is 5.75 Å². The monoisotopic (exact) mass is 358 g/mol. The number of benzene rings is 2. The van der Waals surface area contributed by atoms with Crippen molar-refractivity contribution in [2.45, 2.75) is 6.61 Å². The smallest absolute Gasteiger partial charge is 0.336 e. The highest BCUT2D eigenvalue weighted by Gasteiger charge is 2.10. The molecule has 2 aromatic rings. The molecule has 0 bridgehead atoms. The number of carboxylic acids is 1. The van der Waals surface area contributed by atoms with Gasteiger partial charge in [0.25, 0.3) is 0 Å². The van der Waals surface area contributed by atoms with E-state index in [1.165, 1.54) is 24.3 Å². The number of aromatic carboxylic acids is 1. The Balaban J connectivity index is 2.15. The second kappa shape index (κ2) is 6.24. The lowest BCUT2D eigenvalue weighted by molar-refractivity contribution is 0.0695. The number of rotatable bonds is 4. The third kappa shape index (κ3) is 3.49. The predicted molar refractivity (Wildman–Crippen MR) is 76.8 cm³/mol. The molecule has 2 rings (SSSR count). The van der Waals surface area contributed by atoms with Crippen LogP contribution in [0.15, 0.2) is 40.9 Å². The van der Waals surface area contributed by atoms with Crippen molar-refractivity contribution in [1.82, 2.24) is 0 Å². The number of hydrogen-bond acceptors (Lipinski definition) is 2. The van der Waals surface area contributed by atoms with Gasteiger partial charge in [0.05, 0.1) is 10.6 Å². The van der Waals surface area contributed by atoms with E-state index in [0.717, 1.165) is 0 Å². The molecule has 0 aliphatic heterocycles. The standard InChI is InChI=1S/C14H9BrClFO3/c15-12-4-3-10(6-11(12)14(18)19)20-7-8-1-2-9(17)5-13(8)16/h1-6H,7H2,(H,18,19). The van der Waals surface area contributed by atoms with Crippen LogP contribution in [0.4, 0.5) is 4.39 Å². The summed E-state index contributed by atoms with van der Waals surface area (Å²) in [4.78, 5) is 11.0. The largest absolute Gasteiger partial charge is 0.489 e. The molecule has 0 spiro atoms. The first-order chi connectivity index (χ1) is 9.47. The van der Waals surface area contributed by atoms with Gasteiger partial charge in [0.2, 0.25) is 0 Å². The summed E-state index contributed by atoms with van der Waals surface area (Å²) >= 11 is 9.03. The number of carboxylic acid groups (broad SMARTS) is 1. The first-order valence-corrected chi connectivity index (χ1v) is 6.74. The minimum Gasteiger partial charge on any atom is -0.489 e. The van der Waals surface area contributed by atoms with Crippen molar-refractivity contribution in [3.05, 3.63) is 62.8 Å². The Labute approximate surface area is 128 Å². The average molecular weight is 360 g/mol. The van der Waals surface area contributed by atoms with Gasteiger partial charge in [-0.3, -0.25) is 0 Å². The second-order valence-corrected chi connectivity index (χ2v) is 5.23. The minimum absolute atomic E-state index is 0.104. The van der Waals surface area contributed by atoms with Crippen molar-refractivity contribution in [3.8, 4) is 5.75 Å². The zero-order valence-corrected chi connectivity index (χ0v) is 12.4. The zero-order chi connectivity index (χ0) is 14.7. The van der Waals surface area contributed by atoms with Gasteiger partial charge in [-0.25, -0.2) is 9.18 Å². The van der Waals surface area contributed by atoms with Gasteiger partial charge in [-0.15, -0.1) is 0 Å². The van der Waals surface area contributed by atoms with Crippen LogP contribution in [0.3, 0.4) is 0 Å². The maximum Gasteiger partial charge on any atom is 0.336 e. The van der Waals surface area contributed by atoms with E-state index < -0.39 is 11.8 Å². The van der Waals surface area contributed by atoms with Crippen LogP contribution in [0.25, 0.3) is 0 Å². The Kier molecular flexibility index (Phi) is 4.62. The van der Waals surface area contributed by atoms with Crippen molar-refractivity contribution >= 4 is 33.5 Å². The maximum atomic E-state index is 12.9. The van der Waals surface area contributed by atoms with E-state index in [1.54, 1.807) is 12.1 Å². The number of carbonyl (C=O) groups is 1. The summed E-state index contributed by atoms with van der Waals surface area (Å²) in [7, 11) is 0. The van der Waals surface area contributed by atoms with Crippen LogP contribution < -0.4 is 4.74 Å². The molecule has 0 aliphatic rings. The molecule has 0 unspecified atom stereocenters. The van der Waals surface area contributed by atoms with Gasteiger partial charge in [0.1, 0.15) is 18.2 Å². The summed E-state index contributed by atoms with van der Waals surface area (Å²) in [5.41, 5.74) is 0.723. The van der Waals surface area contributed by atoms with E-state index in [2.05, 4.69) is 15.9 Å². The van der Waals surface area contributed by atoms with Crippen LogP contribution in [0.1, 0.15) is 15.9 Å². The van der Waals surface area contributed by atoms with Crippen molar-refractivity contribution in [3.63, 3.8) is 0 Å². The van der Waals surface area contributed by atoms with Crippen molar-refractivity contribution in [2.24, 2.45) is 0 Å². The molecule has 104 valence electrons. The molecule has 0 fully saturated rings. The molecule has 0 heterocycles. The fraction of sp³-hybridized carbons (Fsp3) is 0.0714. The SMILES string of the molecule is O=C(O)c1cc(OCc2ccc(F)cc2Cl)ccc1Br. The normalized spacial score (nSPS) is 10.3. The fourth-order valence-corrected chi connectivity index (χ4v) is 2.20. The number of hydrogen-bond donors (Lipinski definition) is 1. The van der Waals surface area contributed by atoms with E-state index in [4.69, 9.17) is 21.4 Å². The predicted octanol–water partition coefficient (Wildman–Crippen LogP) is 4.52. The molecule has 3 nitrogen and oxygen atoms in total. The molecule has 6 heteroatoms. The molecule has 0 saturated heterocycles. The Hall–Kier alpha value is -1.59. The summed E-state index contributed by atoms with van der Waals surface area (Å²) < 4.78 is 18.8. The van der Waals surface area contributed by atoms with E-state index in [-0.39, 0.29) is 17.2 Å². The molecule has 2 aromatic carbocycles. The van der Waals surface area contributed by atoms with E-state index in [9.17, 15) is 9.18 Å². The van der Waals surface area contributed by atoms with Crippen LogP contribution in [-0.2, 0) is 6.61 Å².